The maximum atomic E-state index is 14.7. The van der Waals surface area contributed by atoms with Crippen LogP contribution in [0.1, 0.15) is 118 Å². The number of pyridine rings is 1. The molecule has 0 bridgehead atoms. The van der Waals surface area contributed by atoms with Crippen LogP contribution in [-0.4, -0.2) is 83.6 Å². The maximum absolute atomic E-state index is 14.7. The number of carbonyl (C=O) groups excluding carboxylic acids is 1. The lowest BCUT2D eigenvalue weighted by atomic mass is 9.70. The second kappa shape index (κ2) is 17.9. The van der Waals surface area contributed by atoms with Gasteiger partial charge in [-0.05, 0) is 130 Å². The lowest BCUT2D eigenvalue weighted by Gasteiger charge is -2.57. The molecule has 2 aliphatic carbocycles. The molecule has 2 aromatic heterocycles. The van der Waals surface area contributed by atoms with Gasteiger partial charge in [0.25, 0.3) is 21.6 Å². The van der Waals surface area contributed by atoms with Gasteiger partial charge in [-0.2, -0.15) is 0 Å². The molecule has 1 spiro atoms. The zero-order chi connectivity index (χ0) is 46.5. The van der Waals surface area contributed by atoms with Crippen LogP contribution in [0.15, 0.2) is 77.8 Å². The number of hydrogen-bond donors (Lipinski definition) is 4. The van der Waals surface area contributed by atoms with Gasteiger partial charge in [-0.1, -0.05) is 44.5 Å². The van der Waals surface area contributed by atoms with Crippen molar-refractivity contribution in [1.29, 1.82) is 0 Å². The minimum atomic E-state index is -4.63. The molecule has 5 aromatic rings. The number of aromatic amines is 1. The number of aromatic nitrogens is 2. The highest BCUT2D eigenvalue weighted by atomic mass is 32.2. The first kappa shape index (κ1) is 45.6. The highest BCUT2D eigenvalue weighted by Gasteiger charge is 2.49. The van der Waals surface area contributed by atoms with E-state index in [4.69, 9.17) is 4.74 Å². The molecule has 3 aromatic carbocycles. The van der Waals surface area contributed by atoms with Gasteiger partial charge in [-0.3, -0.25) is 19.8 Å². The summed E-state index contributed by atoms with van der Waals surface area (Å²) >= 11 is 0. The second-order valence-corrected chi connectivity index (χ2v) is 21.5. The van der Waals surface area contributed by atoms with Crippen molar-refractivity contribution in [2.45, 2.75) is 114 Å². The van der Waals surface area contributed by atoms with Gasteiger partial charge in [0.2, 0.25) is 0 Å². The minimum absolute atomic E-state index is 0.0409. The molecule has 2 saturated carbocycles. The number of likely N-dealkylation sites (tertiary alicyclic amines) is 1. The summed E-state index contributed by atoms with van der Waals surface area (Å²) in [5, 5.41) is 25.8. The largest absolute Gasteiger partial charge is 0.455 e. The Kier molecular flexibility index (Phi) is 12.4. The number of amides is 1. The number of H-pyrrole nitrogens is 1. The summed E-state index contributed by atoms with van der Waals surface area (Å²) in [6.07, 6.45) is 9.63. The van der Waals surface area contributed by atoms with Crippen molar-refractivity contribution in [3.63, 3.8) is 0 Å². The molecule has 2 aliphatic heterocycles. The molecule has 4 fully saturated rings. The quantitative estimate of drug-likeness (QED) is 0.0652. The number of nitrogens with zero attached hydrogens (tertiary/aromatic N) is 4. The molecule has 1 amide bonds. The summed E-state index contributed by atoms with van der Waals surface area (Å²) in [5.41, 5.74) is 3.60. The number of fused-ring (bicyclic) bond motifs is 1. The number of aliphatic hydroxyl groups is 1. The average Bonchev–Trinajstić information content (AvgIpc) is 3.91. The lowest BCUT2D eigenvalue weighted by molar-refractivity contribution is -0.384. The van der Waals surface area contributed by atoms with Crippen LogP contribution < -0.4 is 19.7 Å². The first-order valence-corrected chi connectivity index (χ1v) is 24.8. The molecule has 0 unspecified atom stereocenters. The standard InChI is InChI=1S/C50H60FN7O7S/c1-31(2)36-8-5-6-9-37(36)38-10-7-11-43(38)57-29-50(30-57)20-22-56(23-21-50)34-12-14-39(46(24-34)65-45-26-40-41(51)28-53-47(40)54-32(45)3)48(59)55-66(63,64)35-13-15-42(44(25-35)58(61)62)52-27-33-16-18-49(4,60)19-17-33/h5-6,8-9,12-15,24-26,28,31,33,38,43,52,60H,7,10-11,16-23,27,29-30H2,1-4H3,(H,53,54)(H,55,59)/t33-,38-,43-,49-/m1/s1. The molecule has 16 heteroatoms. The molecule has 66 heavy (non-hydrogen) atoms. The lowest BCUT2D eigenvalue weighted by Crippen LogP contribution is -2.63. The SMILES string of the molecule is Cc1nc2[nH]cc(F)c2cc1Oc1cc(N2CCC3(CC2)CN([C@@H]2CCC[C@@H]2c2ccccc2C(C)C)C3)ccc1C(=O)NS(=O)(=O)c1ccc(NC[C@H]2CC[C@](C)(O)CC2)c([N+](=O)[O-])c1. The van der Waals surface area contributed by atoms with Crippen molar-refractivity contribution < 1.29 is 32.4 Å². The Morgan fingerprint density at radius 3 is 2.48 bits per heavy atom. The van der Waals surface area contributed by atoms with Gasteiger partial charge in [-0.15, -0.1) is 0 Å². The van der Waals surface area contributed by atoms with E-state index in [0.29, 0.717) is 48.6 Å². The number of nitro benzene ring substituents is 1. The molecule has 14 nitrogen and oxygen atoms in total. The van der Waals surface area contributed by atoms with Crippen molar-refractivity contribution in [3.05, 3.63) is 111 Å². The number of ether oxygens (including phenoxy) is 1. The first-order valence-electron chi connectivity index (χ1n) is 23.3. The molecule has 2 atom stereocenters. The molecule has 4 aliphatic rings. The molecule has 9 rings (SSSR count). The van der Waals surface area contributed by atoms with Gasteiger partial charge in [0, 0.05) is 62.8 Å². The van der Waals surface area contributed by atoms with Crippen LogP contribution in [0.3, 0.4) is 0 Å². The van der Waals surface area contributed by atoms with Crippen LogP contribution in [0.4, 0.5) is 21.5 Å². The number of benzene rings is 3. The number of sulfonamides is 1. The van der Waals surface area contributed by atoms with Crippen LogP contribution in [0.2, 0.25) is 0 Å². The maximum Gasteiger partial charge on any atom is 0.293 e. The topological polar surface area (TPSA) is 183 Å². The smallest absolute Gasteiger partial charge is 0.293 e. The molecule has 4 N–H and O–H groups in total. The van der Waals surface area contributed by atoms with E-state index in [1.54, 1.807) is 26.0 Å². The third-order valence-electron chi connectivity index (χ3n) is 14.9. The summed E-state index contributed by atoms with van der Waals surface area (Å²) < 4.78 is 50.8. The van der Waals surface area contributed by atoms with Gasteiger partial charge in [-0.25, -0.2) is 22.5 Å². The minimum Gasteiger partial charge on any atom is -0.455 e. The van der Waals surface area contributed by atoms with E-state index < -0.39 is 42.9 Å². The van der Waals surface area contributed by atoms with Crippen molar-refractivity contribution in [3.8, 4) is 11.5 Å². The van der Waals surface area contributed by atoms with Gasteiger partial charge in [0.05, 0.1) is 32.1 Å². The normalized spacial score (nSPS) is 23.3. The molecular weight excluding hydrogens is 862 g/mol. The highest BCUT2D eigenvalue weighted by Crippen LogP contribution is 2.49. The Labute approximate surface area is 385 Å². The number of anilines is 2. The molecule has 0 radical (unpaired) electrons. The summed E-state index contributed by atoms with van der Waals surface area (Å²) in [6, 6.07) is 19.5. The van der Waals surface area contributed by atoms with Gasteiger partial charge >= 0.3 is 0 Å². The van der Waals surface area contributed by atoms with E-state index in [0.717, 1.165) is 63.6 Å². The third kappa shape index (κ3) is 9.23. The number of carbonyl (C=O) groups is 1. The van der Waals surface area contributed by atoms with Gasteiger partial charge < -0.3 is 25.0 Å². The number of nitrogens with one attached hydrogen (secondary N) is 3. The number of aryl methyl sites for hydroxylation is 1. The fraction of sp³-hybridized carbons (Fsp3) is 0.480. The Hall–Kier alpha value is -5.58. The summed E-state index contributed by atoms with van der Waals surface area (Å²) in [6.45, 7) is 12.2. The van der Waals surface area contributed by atoms with Crippen molar-refractivity contribution in [1.82, 2.24) is 19.6 Å². The van der Waals surface area contributed by atoms with E-state index in [-0.39, 0.29) is 39.5 Å². The van der Waals surface area contributed by atoms with E-state index in [9.17, 15) is 32.8 Å². The zero-order valence-corrected chi connectivity index (χ0v) is 38.9. The Morgan fingerprint density at radius 2 is 1.76 bits per heavy atom. The number of rotatable bonds is 13. The monoisotopic (exact) mass is 921 g/mol. The van der Waals surface area contributed by atoms with Crippen molar-refractivity contribution >= 4 is 44.0 Å². The zero-order valence-electron chi connectivity index (χ0n) is 38.1. The average molecular weight is 922 g/mol. The van der Waals surface area contributed by atoms with Crippen LogP contribution in [-0.2, 0) is 10.0 Å². The van der Waals surface area contributed by atoms with Gasteiger partial charge in [0.15, 0.2) is 0 Å². The third-order valence-corrected chi connectivity index (χ3v) is 16.2. The van der Waals surface area contributed by atoms with E-state index in [2.05, 4.69) is 67.9 Å². The van der Waals surface area contributed by atoms with Crippen LogP contribution in [0.5, 0.6) is 11.5 Å². The Bertz CT molecular complexity index is 2750. The number of halogens is 1. The molecule has 4 heterocycles. The Morgan fingerprint density at radius 1 is 1.02 bits per heavy atom. The summed E-state index contributed by atoms with van der Waals surface area (Å²) in [7, 11) is -4.63. The molecule has 2 saturated heterocycles. The van der Waals surface area contributed by atoms with Crippen LogP contribution in [0.25, 0.3) is 11.0 Å². The first-order chi connectivity index (χ1) is 31.5. The van der Waals surface area contributed by atoms with E-state index >= 15 is 0 Å². The number of hydrogen-bond acceptors (Lipinski definition) is 11. The molecule has 350 valence electrons. The predicted octanol–water partition coefficient (Wildman–Crippen LogP) is 9.54. The summed E-state index contributed by atoms with van der Waals surface area (Å²) in [5.74, 6) is -0.0915. The van der Waals surface area contributed by atoms with Crippen LogP contribution >= 0.6 is 0 Å². The summed E-state index contributed by atoms with van der Waals surface area (Å²) in [4.78, 5) is 37.3. The van der Waals surface area contributed by atoms with E-state index in [1.807, 2.05) is 0 Å². The number of nitro groups is 1. The van der Waals surface area contributed by atoms with Crippen LogP contribution in [0, 0.1) is 34.2 Å². The second-order valence-electron chi connectivity index (χ2n) is 19.9. The number of piperidine rings is 1. The molecular formula is C50H60FN7O7S. The van der Waals surface area contributed by atoms with Crippen molar-refractivity contribution in [2.75, 3.05) is 42.9 Å². The Balaban J connectivity index is 0.917. The fourth-order valence-corrected chi connectivity index (χ4v) is 12.0. The van der Waals surface area contributed by atoms with E-state index in [1.165, 1.54) is 60.9 Å². The van der Waals surface area contributed by atoms with Crippen molar-refractivity contribution in [2.24, 2.45) is 11.3 Å². The van der Waals surface area contributed by atoms with Gasteiger partial charge in [0.1, 0.15) is 28.7 Å². The highest BCUT2D eigenvalue weighted by molar-refractivity contribution is 7.90. The predicted molar refractivity (Wildman–Crippen MR) is 252 cm³/mol. The fourth-order valence-electron chi connectivity index (χ4n) is 11.0.